The molecule has 0 unspecified atom stereocenters. The van der Waals surface area contributed by atoms with E-state index in [4.69, 9.17) is 11.6 Å². The molecule has 0 saturated carbocycles. The monoisotopic (exact) mass is 395 g/mol. The van der Waals surface area contributed by atoms with Crippen molar-refractivity contribution >= 4 is 35.3 Å². The van der Waals surface area contributed by atoms with Crippen LogP contribution in [-0.2, 0) is 11.3 Å². The molecule has 2 heterocycles. The van der Waals surface area contributed by atoms with Gasteiger partial charge in [0.05, 0.1) is 6.54 Å². The van der Waals surface area contributed by atoms with Crippen LogP contribution in [-0.4, -0.2) is 29.9 Å². The highest BCUT2D eigenvalue weighted by molar-refractivity contribution is 6.31. The second-order valence-electron chi connectivity index (χ2n) is 7.11. The number of hydrogen-bond donors (Lipinski definition) is 1. The first kappa shape index (κ1) is 18.6. The minimum Gasteiger partial charge on any atom is -0.372 e. The van der Waals surface area contributed by atoms with E-state index in [9.17, 15) is 9.59 Å². The number of piperidine rings is 1. The van der Waals surface area contributed by atoms with Crippen LogP contribution in [0.15, 0.2) is 54.2 Å². The number of rotatable bonds is 4. The Labute approximate surface area is 169 Å². The van der Waals surface area contributed by atoms with Crippen LogP contribution in [0.1, 0.15) is 30.4 Å². The van der Waals surface area contributed by atoms with E-state index in [1.807, 2.05) is 30.3 Å². The van der Waals surface area contributed by atoms with Crippen molar-refractivity contribution in [3.63, 3.8) is 0 Å². The van der Waals surface area contributed by atoms with Crippen LogP contribution in [0.2, 0.25) is 5.02 Å². The van der Waals surface area contributed by atoms with Gasteiger partial charge in [-0.2, -0.15) is 0 Å². The van der Waals surface area contributed by atoms with E-state index < -0.39 is 6.03 Å². The molecule has 6 heteroatoms. The van der Waals surface area contributed by atoms with E-state index in [-0.39, 0.29) is 18.1 Å². The zero-order valence-corrected chi connectivity index (χ0v) is 16.3. The summed E-state index contributed by atoms with van der Waals surface area (Å²) < 4.78 is 0. The molecule has 0 bridgehead atoms. The van der Waals surface area contributed by atoms with E-state index in [2.05, 4.69) is 22.3 Å². The molecule has 0 aromatic heterocycles. The van der Waals surface area contributed by atoms with Crippen LogP contribution in [0.5, 0.6) is 0 Å². The number of carbonyl (C=O) groups excluding carboxylic acids is 2. The molecule has 1 N–H and O–H groups in total. The third kappa shape index (κ3) is 3.90. The Hall–Kier alpha value is -2.79. The molecule has 2 aromatic rings. The van der Waals surface area contributed by atoms with Crippen molar-refractivity contribution in [2.45, 2.75) is 25.8 Å². The summed E-state index contributed by atoms with van der Waals surface area (Å²) in [6.07, 6.45) is 5.47. The van der Waals surface area contributed by atoms with Gasteiger partial charge in [0, 0.05) is 23.8 Å². The predicted octanol–water partition coefficient (Wildman–Crippen LogP) is 4.42. The lowest BCUT2D eigenvalue weighted by Crippen LogP contribution is -2.30. The number of nitrogens with one attached hydrogen (secondary N) is 1. The van der Waals surface area contributed by atoms with Gasteiger partial charge in [0.25, 0.3) is 5.91 Å². The first-order valence-electron chi connectivity index (χ1n) is 9.55. The molecule has 28 heavy (non-hydrogen) atoms. The zero-order chi connectivity index (χ0) is 19.5. The van der Waals surface area contributed by atoms with E-state index >= 15 is 0 Å². The summed E-state index contributed by atoms with van der Waals surface area (Å²) >= 11 is 6.15. The van der Waals surface area contributed by atoms with Gasteiger partial charge in [-0.25, -0.2) is 4.79 Å². The third-order valence-corrected chi connectivity index (χ3v) is 5.54. The molecule has 3 amide bonds. The quantitative estimate of drug-likeness (QED) is 0.615. The highest BCUT2D eigenvalue weighted by Crippen LogP contribution is 2.23. The summed E-state index contributed by atoms with van der Waals surface area (Å²) in [7, 11) is 0. The molecule has 4 rings (SSSR count). The summed E-state index contributed by atoms with van der Waals surface area (Å²) in [5.74, 6) is -0.343. The van der Waals surface area contributed by atoms with Crippen molar-refractivity contribution in [3.8, 4) is 0 Å². The van der Waals surface area contributed by atoms with Crippen molar-refractivity contribution in [2.24, 2.45) is 0 Å². The van der Waals surface area contributed by atoms with E-state index in [1.165, 1.54) is 29.8 Å². The average Bonchev–Trinajstić information content (AvgIpc) is 2.98. The molecule has 2 aromatic carbocycles. The summed E-state index contributed by atoms with van der Waals surface area (Å²) in [6.45, 7) is 2.33. The molecular weight excluding hydrogens is 374 g/mol. The number of amides is 3. The van der Waals surface area contributed by atoms with Gasteiger partial charge in [0.2, 0.25) is 0 Å². The number of carbonyl (C=O) groups is 2. The summed E-state index contributed by atoms with van der Waals surface area (Å²) in [5.41, 5.74) is 3.09. The minimum atomic E-state index is -0.430. The summed E-state index contributed by atoms with van der Waals surface area (Å²) in [4.78, 5) is 28.5. The Kier molecular flexibility index (Phi) is 5.35. The number of hydrogen-bond acceptors (Lipinski definition) is 3. The highest BCUT2D eigenvalue weighted by atomic mass is 35.5. The van der Waals surface area contributed by atoms with Crippen molar-refractivity contribution in [3.05, 3.63) is 70.4 Å². The first-order valence-corrected chi connectivity index (χ1v) is 9.92. The van der Waals surface area contributed by atoms with Gasteiger partial charge in [-0.15, -0.1) is 0 Å². The first-order chi connectivity index (χ1) is 13.6. The third-order valence-electron chi connectivity index (χ3n) is 5.17. The molecular formula is C22H22ClN3O2. The number of urea groups is 1. The lowest BCUT2D eigenvalue weighted by atomic mass is 10.1. The second-order valence-corrected chi connectivity index (χ2v) is 7.52. The minimum absolute atomic E-state index is 0.148. The number of nitrogens with zero attached hydrogens (tertiary/aromatic N) is 2. The summed E-state index contributed by atoms with van der Waals surface area (Å²) in [5, 5.41) is 3.20. The van der Waals surface area contributed by atoms with E-state index in [1.54, 1.807) is 12.1 Å². The fourth-order valence-corrected chi connectivity index (χ4v) is 3.81. The van der Waals surface area contributed by atoms with Gasteiger partial charge in [0.15, 0.2) is 0 Å². The molecule has 0 radical (unpaired) electrons. The molecule has 2 aliphatic heterocycles. The standard InChI is InChI=1S/C22H22ClN3O2/c23-19-7-3-2-6-17(19)15-26-21(27)20(24-22(26)28)14-16-8-10-18(11-9-16)25-12-4-1-5-13-25/h2-3,6-11,14H,1,4-5,12-13,15H2,(H,24,28)/b20-14+. The van der Waals surface area contributed by atoms with E-state index in [0.29, 0.717) is 5.02 Å². The zero-order valence-electron chi connectivity index (χ0n) is 15.5. The van der Waals surface area contributed by atoms with Gasteiger partial charge in [-0.05, 0) is 54.7 Å². The lowest BCUT2D eigenvalue weighted by Gasteiger charge is -2.28. The van der Waals surface area contributed by atoms with Crippen LogP contribution in [0.3, 0.4) is 0 Å². The molecule has 0 spiro atoms. The Bertz CT molecular complexity index is 918. The molecule has 2 aliphatic rings. The predicted molar refractivity (Wildman–Crippen MR) is 111 cm³/mol. The largest absolute Gasteiger partial charge is 0.372 e. The molecule has 0 aliphatic carbocycles. The maximum absolute atomic E-state index is 12.7. The van der Waals surface area contributed by atoms with Crippen LogP contribution in [0, 0.1) is 0 Å². The highest BCUT2D eigenvalue weighted by Gasteiger charge is 2.33. The van der Waals surface area contributed by atoms with Crippen LogP contribution < -0.4 is 10.2 Å². The van der Waals surface area contributed by atoms with Crippen LogP contribution in [0.4, 0.5) is 10.5 Å². The van der Waals surface area contributed by atoms with Crippen molar-refractivity contribution < 1.29 is 9.59 Å². The molecule has 5 nitrogen and oxygen atoms in total. The maximum Gasteiger partial charge on any atom is 0.329 e. The fourth-order valence-electron chi connectivity index (χ4n) is 3.61. The molecule has 2 saturated heterocycles. The van der Waals surface area contributed by atoms with Gasteiger partial charge >= 0.3 is 6.03 Å². The maximum atomic E-state index is 12.7. The molecule has 2 fully saturated rings. The Morgan fingerprint density at radius 3 is 2.39 bits per heavy atom. The van der Waals surface area contributed by atoms with Crippen molar-refractivity contribution in [1.29, 1.82) is 0 Å². The van der Waals surface area contributed by atoms with Crippen molar-refractivity contribution in [1.82, 2.24) is 10.2 Å². The normalized spacial score (nSPS) is 18.7. The topological polar surface area (TPSA) is 52.7 Å². The smallest absolute Gasteiger partial charge is 0.329 e. The van der Waals surface area contributed by atoms with Gasteiger partial charge in [-0.3, -0.25) is 9.69 Å². The van der Waals surface area contributed by atoms with Crippen LogP contribution >= 0.6 is 11.6 Å². The average molecular weight is 396 g/mol. The number of anilines is 1. The molecule has 144 valence electrons. The van der Waals surface area contributed by atoms with Crippen molar-refractivity contribution in [2.75, 3.05) is 18.0 Å². The Morgan fingerprint density at radius 1 is 0.964 bits per heavy atom. The number of imide groups is 1. The lowest BCUT2D eigenvalue weighted by molar-refractivity contribution is -0.123. The second kappa shape index (κ2) is 8.07. The summed E-state index contributed by atoms with van der Waals surface area (Å²) in [6, 6.07) is 14.9. The van der Waals surface area contributed by atoms with Crippen LogP contribution in [0.25, 0.3) is 6.08 Å². The number of benzene rings is 2. The van der Waals surface area contributed by atoms with Gasteiger partial charge < -0.3 is 10.2 Å². The van der Waals surface area contributed by atoms with Gasteiger partial charge in [0.1, 0.15) is 5.70 Å². The number of halogens is 1. The fraction of sp³-hybridized carbons (Fsp3) is 0.273. The Balaban J connectivity index is 1.48. The molecule has 0 atom stereocenters. The van der Waals surface area contributed by atoms with Gasteiger partial charge in [-0.1, -0.05) is 41.9 Å². The Morgan fingerprint density at radius 2 is 1.68 bits per heavy atom. The SMILES string of the molecule is O=C1N/C(=C/c2ccc(N3CCCCC3)cc2)C(=O)N1Cc1ccccc1Cl. The van der Waals surface area contributed by atoms with E-state index in [0.717, 1.165) is 24.2 Å².